The minimum atomic E-state index is -0.354. The Labute approximate surface area is 114 Å². The van der Waals surface area contributed by atoms with Gasteiger partial charge in [-0.15, -0.1) is 11.8 Å². The molecule has 1 atom stereocenters. The first-order chi connectivity index (χ1) is 9.06. The number of carbonyl (C=O) groups excluding carboxylic acids is 1. The highest BCUT2D eigenvalue weighted by molar-refractivity contribution is 7.99. The van der Waals surface area contributed by atoms with Crippen molar-refractivity contribution in [1.82, 2.24) is 4.98 Å². The predicted molar refractivity (Wildman–Crippen MR) is 71.8 cm³/mol. The molecule has 6 heteroatoms. The van der Waals surface area contributed by atoms with Crippen molar-refractivity contribution >= 4 is 17.7 Å². The maximum absolute atomic E-state index is 12.8. The molecule has 100 valence electrons. The minimum absolute atomic E-state index is 0.272. The average molecular weight is 280 g/mol. The monoisotopic (exact) mass is 280 g/mol. The van der Waals surface area contributed by atoms with Crippen LogP contribution < -0.4 is 5.73 Å². The van der Waals surface area contributed by atoms with Crippen LogP contribution in [0.5, 0.6) is 0 Å². The summed E-state index contributed by atoms with van der Waals surface area (Å²) in [6.45, 7) is 1.74. The molecule has 2 aromatic rings. The minimum Gasteiger partial charge on any atom is -0.444 e. The van der Waals surface area contributed by atoms with Crippen molar-refractivity contribution in [2.75, 3.05) is 0 Å². The number of hydrogen-bond donors (Lipinski definition) is 1. The second kappa shape index (κ2) is 5.88. The van der Waals surface area contributed by atoms with Gasteiger partial charge in [-0.05, 0) is 31.2 Å². The molecular formula is C13H13FN2O2S. The van der Waals surface area contributed by atoms with Gasteiger partial charge < -0.3 is 10.2 Å². The summed E-state index contributed by atoms with van der Waals surface area (Å²) in [6, 6.07) is 5.90. The quantitative estimate of drug-likeness (QED) is 0.914. The summed E-state index contributed by atoms with van der Waals surface area (Å²) in [4.78, 5) is 15.2. The number of amides is 1. The van der Waals surface area contributed by atoms with Gasteiger partial charge in [0.15, 0.2) is 0 Å². The topological polar surface area (TPSA) is 69.1 Å². The van der Waals surface area contributed by atoms with Gasteiger partial charge in [0, 0.05) is 11.3 Å². The van der Waals surface area contributed by atoms with E-state index >= 15 is 0 Å². The van der Waals surface area contributed by atoms with Crippen LogP contribution in [-0.2, 0) is 10.5 Å². The number of oxazole rings is 1. The van der Waals surface area contributed by atoms with E-state index in [-0.39, 0.29) is 17.0 Å². The van der Waals surface area contributed by atoms with Gasteiger partial charge in [0.05, 0.1) is 10.9 Å². The third-order valence-corrected chi connectivity index (χ3v) is 3.72. The van der Waals surface area contributed by atoms with Gasteiger partial charge in [0.1, 0.15) is 12.1 Å². The van der Waals surface area contributed by atoms with E-state index in [1.165, 1.54) is 30.2 Å². The lowest BCUT2D eigenvalue weighted by atomic mass is 10.2. The Balaban J connectivity index is 2.03. The van der Waals surface area contributed by atoms with Gasteiger partial charge in [-0.3, -0.25) is 4.79 Å². The van der Waals surface area contributed by atoms with Gasteiger partial charge in [0.2, 0.25) is 11.8 Å². The Bertz CT molecular complexity index is 568. The van der Waals surface area contributed by atoms with Crippen molar-refractivity contribution < 1.29 is 13.6 Å². The van der Waals surface area contributed by atoms with Crippen molar-refractivity contribution in [3.8, 4) is 11.5 Å². The highest BCUT2D eigenvalue weighted by Crippen LogP contribution is 2.22. The molecule has 0 fully saturated rings. The van der Waals surface area contributed by atoms with Crippen molar-refractivity contribution in [3.63, 3.8) is 0 Å². The van der Waals surface area contributed by atoms with E-state index < -0.39 is 0 Å². The van der Waals surface area contributed by atoms with Gasteiger partial charge >= 0.3 is 0 Å². The van der Waals surface area contributed by atoms with Crippen LogP contribution in [0.2, 0.25) is 0 Å². The number of primary amides is 1. The molecule has 0 spiro atoms. The molecule has 0 aliphatic rings. The van der Waals surface area contributed by atoms with E-state index in [0.29, 0.717) is 17.2 Å². The third-order valence-electron chi connectivity index (χ3n) is 2.52. The molecule has 4 nitrogen and oxygen atoms in total. The lowest BCUT2D eigenvalue weighted by Gasteiger charge is -2.03. The largest absolute Gasteiger partial charge is 0.444 e. The molecule has 1 aromatic carbocycles. The number of benzene rings is 1. The fourth-order valence-electron chi connectivity index (χ4n) is 1.39. The Hall–Kier alpha value is -1.82. The van der Waals surface area contributed by atoms with Gasteiger partial charge in [-0.1, -0.05) is 0 Å². The summed E-state index contributed by atoms with van der Waals surface area (Å²) in [5.41, 5.74) is 6.60. The number of thioether (sulfide) groups is 1. The zero-order valence-electron chi connectivity index (χ0n) is 10.3. The number of aromatic nitrogens is 1. The number of carbonyl (C=O) groups is 1. The smallest absolute Gasteiger partial charge is 0.230 e. The SMILES string of the molecule is C[C@@H](SCc1coc(-c2ccc(F)cc2)n1)C(N)=O. The van der Waals surface area contributed by atoms with Gasteiger partial charge in [-0.25, -0.2) is 9.37 Å². The molecule has 0 aliphatic heterocycles. The van der Waals surface area contributed by atoms with E-state index in [0.717, 1.165) is 5.69 Å². The normalized spacial score (nSPS) is 12.3. The maximum atomic E-state index is 12.8. The summed E-state index contributed by atoms with van der Waals surface area (Å²) in [5.74, 6) is 0.311. The standard InChI is InChI=1S/C13H13FN2O2S/c1-8(12(15)17)19-7-11-6-18-13(16-11)9-2-4-10(14)5-3-9/h2-6,8H,7H2,1H3,(H2,15,17)/t8-/m1/s1. The molecule has 1 amide bonds. The third kappa shape index (κ3) is 3.57. The fraction of sp³-hybridized carbons (Fsp3) is 0.231. The second-order valence-corrected chi connectivity index (χ2v) is 5.34. The second-order valence-electron chi connectivity index (χ2n) is 4.01. The summed E-state index contributed by atoms with van der Waals surface area (Å²) in [5, 5.41) is -0.272. The first-order valence-electron chi connectivity index (χ1n) is 5.67. The van der Waals surface area contributed by atoms with Crippen molar-refractivity contribution in [2.24, 2.45) is 5.73 Å². The van der Waals surface area contributed by atoms with Gasteiger partial charge in [-0.2, -0.15) is 0 Å². The van der Waals surface area contributed by atoms with Crippen molar-refractivity contribution in [3.05, 3.63) is 42.0 Å². The van der Waals surface area contributed by atoms with E-state index in [9.17, 15) is 9.18 Å². The molecule has 2 rings (SSSR count). The zero-order chi connectivity index (χ0) is 13.8. The first-order valence-corrected chi connectivity index (χ1v) is 6.72. The van der Waals surface area contributed by atoms with Gasteiger partial charge in [0.25, 0.3) is 0 Å². The number of halogens is 1. The molecule has 0 bridgehead atoms. The Morgan fingerprint density at radius 3 is 2.79 bits per heavy atom. The molecule has 1 heterocycles. The van der Waals surface area contributed by atoms with Crippen molar-refractivity contribution in [1.29, 1.82) is 0 Å². The predicted octanol–water partition coefficient (Wildman–Crippen LogP) is 2.59. The van der Waals surface area contributed by atoms with Crippen LogP contribution >= 0.6 is 11.8 Å². The summed E-state index contributed by atoms with van der Waals surface area (Å²) < 4.78 is 18.1. The van der Waals surface area contributed by atoms with E-state index in [4.69, 9.17) is 10.2 Å². The molecule has 0 aliphatic carbocycles. The number of nitrogens with zero attached hydrogens (tertiary/aromatic N) is 1. The number of rotatable bonds is 5. The van der Waals surface area contributed by atoms with Crippen LogP contribution in [0.3, 0.4) is 0 Å². The van der Waals surface area contributed by atoms with Crippen LogP contribution in [0.25, 0.3) is 11.5 Å². The summed E-state index contributed by atoms with van der Waals surface area (Å²) >= 11 is 1.39. The van der Waals surface area contributed by atoms with Crippen LogP contribution in [0.4, 0.5) is 4.39 Å². The highest BCUT2D eigenvalue weighted by atomic mass is 32.2. The molecule has 2 N–H and O–H groups in total. The average Bonchev–Trinajstić information content (AvgIpc) is 2.85. The highest BCUT2D eigenvalue weighted by Gasteiger charge is 2.12. The van der Waals surface area contributed by atoms with Crippen LogP contribution in [0.15, 0.2) is 34.9 Å². The lowest BCUT2D eigenvalue weighted by Crippen LogP contribution is -2.22. The molecule has 0 saturated carbocycles. The number of hydrogen-bond acceptors (Lipinski definition) is 4. The molecule has 19 heavy (non-hydrogen) atoms. The van der Waals surface area contributed by atoms with E-state index in [2.05, 4.69) is 4.98 Å². The summed E-state index contributed by atoms with van der Waals surface area (Å²) in [7, 11) is 0. The lowest BCUT2D eigenvalue weighted by molar-refractivity contribution is -0.117. The maximum Gasteiger partial charge on any atom is 0.230 e. The zero-order valence-corrected chi connectivity index (χ0v) is 11.1. The molecule has 1 aromatic heterocycles. The molecule has 0 saturated heterocycles. The Morgan fingerprint density at radius 2 is 2.16 bits per heavy atom. The van der Waals surface area contributed by atoms with E-state index in [1.807, 2.05) is 0 Å². The molecule has 0 radical (unpaired) electrons. The number of nitrogens with two attached hydrogens (primary N) is 1. The van der Waals surface area contributed by atoms with E-state index in [1.54, 1.807) is 19.1 Å². The molecular weight excluding hydrogens is 267 g/mol. The van der Waals surface area contributed by atoms with Crippen LogP contribution in [0, 0.1) is 5.82 Å². The Morgan fingerprint density at radius 1 is 1.47 bits per heavy atom. The molecule has 0 unspecified atom stereocenters. The summed E-state index contributed by atoms with van der Waals surface area (Å²) in [6.07, 6.45) is 1.53. The van der Waals surface area contributed by atoms with Crippen LogP contribution in [0.1, 0.15) is 12.6 Å². The first kappa shape index (κ1) is 13.6. The van der Waals surface area contributed by atoms with Crippen LogP contribution in [-0.4, -0.2) is 16.1 Å². The Kier molecular flexibility index (Phi) is 4.21. The fourth-order valence-corrected chi connectivity index (χ4v) is 2.11. The van der Waals surface area contributed by atoms with Crippen molar-refractivity contribution in [2.45, 2.75) is 17.9 Å².